The van der Waals surface area contributed by atoms with E-state index < -0.39 is 19.7 Å². The maximum atomic E-state index is 13.1. The summed E-state index contributed by atoms with van der Waals surface area (Å²) in [6.07, 6.45) is 1.54. The second-order valence-corrected chi connectivity index (χ2v) is 19.2. The number of aromatic amines is 1. The molecule has 63 heavy (non-hydrogen) atoms. The third-order valence-corrected chi connectivity index (χ3v) is 14.6. The highest BCUT2D eigenvalue weighted by molar-refractivity contribution is 7.91. The first-order chi connectivity index (χ1) is 29.6. The third kappa shape index (κ3) is 11.3. The van der Waals surface area contributed by atoms with Gasteiger partial charge >= 0.3 is 0 Å². The van der Waals surface area contributed by atoms with Gasteiger partial charge in [-0.2, -0.15) is 0 Å². The smallest absolute Gasteiger partial charge is 0.210 e. The van der Waals surface area contributed by atoms with Crippen LogP contribution >= 0.6 is 0 Å². The zero-order valence-electron chi connectivity index (χ0n) is 33.9. The van der Waals surface area contributed by atoms with Crippen molar-refractivity contribution in [3.05, 3.63) is 169 Å². The normalized spacial score (nSPS) is 14.9. The second-order valence-electron chi connectivity index (χ2n) is 15.3. The van der Waals surface area contributed by atoms with Crippen LogP contribution in [0.2, 0.25) is 0 Å². The number of aromatic nitrogens is 3. The van der Waals surface area contributed by atoms with E-state index in [-0.39, 0.29) is 35.3 Å². The molecule has 2 aliphatic rings. The fourth-order valence-electron chi connectivity index (χ4n) is 7.71. The minimum absolute atomic E-state index is 0. The molecule has 12 nitrogen and oxygen atoms in total. The Morgan fingerprint density at radius 1 is 0.524 bits per heavy atom. The van der Waals surface area contributed by atoms with Gasteiger partial charge in [0.05, 0.1) is 32.4 Å². The highest BCUT2D eigenvalue weighted by Crippen LogP contribution is 2.29. The van der Waals surface area contributed by atoms with Crippen molar-refractivity contribution in [2.45, 2.75) is 48.4 Å². The van der Waals surface area contributed by atoms with Crippen LogP contribution in [-0.4, -0.2) is 93.9 Å². The lowest BCUT2D eigenvalue weighted by Gasteiger charge is -2.35. The Morgan fingerprint density at radius 2 is 0.968 bits per heavy atom. The predicted molar refractivity (Wildman–Crippen MR) is 255 cm³/mol. The first kappa shape index (κ1) is 46.4. The molecule has 0 saturated carbocycles. The zero-order valence-corrected chi connectivity index (χ0v) is 35.6. The van der Waals surface area contributed by atoms with Gasteiger partial charge in [-0.05, 0) is 59.7 Å². The van der Waals surface area contributed by atoms with Crippen molar-refractivity contribution in [1.29, 1.82) is 0 Å². The van der Waals surface area contributed by atoms with E-state index >= 15 is 0 Å². The second kappa shape index (κ2) is 20.9. The fraction of sp³-hybridized carbons (Fsp3) is 0.265. The van der Waals surface area contributed by atoms with Gasteiger partial charge in [-0.15, -0.1) is 0 Å². The number of benzene rings is 4. The van der Waals surface area contributed by atoms with Crippen LogP contribution < -0.4 is 15.5 Å². The van der Waals surface area contributed by atoms with Crippen LogP contribution in [0.3, 0.4) is 0 Å². The van der Waals surface area contributed by atoms with E-state index in [0.29, 0.717) is 16.9 Å². The van der Waals surface area contributed by atoms with Crippen molar-refractivity contribution >= 4 is 48.0 Å². The predicted octanol–water partition coefficient (Wildman–Crippen LogP) is 7.95. The van der Waals surface area contributed by atoms with Gasteiger partial charge in [0, 0.05) is 71.6 Å². The molecule has 2 saturated heterocycles. The van der Waals surface area contributed by atoms with Gasteiger partial charge in [0.15, 0.2) is 9.84 Å². The van der Waals surface area contributed by atoms with Crippen molar-refractivity contribution in [2.24, 2.45) is 0 Å². The van der Waals surface area contributed by atoms with Crippen LogP contribution in [0.15, 0.2) is 166 Å². The van der Waals surface area contributed by atoms with Crippen molar-refractivity contribution in [3.63, 3.8) is 0 Å². The van der Waals surface area contributed by atoms with Crippen molar-refractivity contribution < 1.29 is 16.8 Å². The number of nitrogens with one attached hydrogen (secondary N) is 1. The van der Waals surface area contributed by atoms with Crippen LogP contribution in [0.1, 0.15) is 31.7 Å². The molecular formula is C49H58N8O4S2. The first-order valence-electron chi connectivity index (χ1n) is 20.5. The number of anilines is 3. The molecule has 9 rings (SSSR count). The Bertz CT molecular complexity index is 2740. The maximum Gasteiger partial charge on any atom is 0.210 e. The van der Waals surface area contributed by atoms with E-state index in [1.165, 1.54) is 11.1 Å². The van der Waals surface area contributed by atoms with Crippen LogP contribution in [0.5, 0.6) is 0 Å². The maximum absolute atomic E-state index is 13.1. The molecule has 5 heterocycles. The number of nitrogens with two attached hydrogens (primary N) is 1. The Kier molecular flexibility index (Phi) is 15.4. The van der Waals surface area contributed by atoms with Crippen molar-refractivity contribution in [1.82, 2.24) is 24.8 Å². The Hall–Kier alpha value is -6.06. The summed E-state index contributed by atoms with van der Waals surface area (Å²) in [4.78, 5) is 22.5. The average molecular weight is 887 g/mol. The summed E-state index contributed by atoms with van der Waals surface area (Å²) in [6.45, 7) is 9.02. The van der Waals surface area contributed by atoms with Gasteiger partial charge in [-0.25, -0.2) is 26.8 Å². The van der Waals surface area contributed by atoms with Crippen molar-refractivity contribution in [3.8, 4) is 0 Å². The van der Waals surface area contributed by atoms with Crippen molar-refractivity contribution in [2.75, 3.05) is 67.9 Å². The molecule has 2 fully saturated rings. The summed E-state index contributed by atoms with van der Waals surface area (Å²) in [5.41, 5.74) is 10.7. The number of sulfone groups is 2. The lowest BCUT2D eigenvalue weighted by atomic mass is 10.2. The lowest BCUT2D eigenvalue weighted by Crippen LogP contribution is -2.46. The summed E-state index contributed by atoms with van der Waals surface area (Å²) in [7, 11) is -7.13. The molecule has 0 amide bonds. The van der Waals surface area contributed by atoms with Gasteiger partial charge in [0.25, 0.3) is 0 Å². The zero-order chi connectivity index (χ0) is 42.2. The van der Waals surface area contributed by atoms with E-state index in [4.69, 9.17) is 10.7 Å². The van der Waals surface area contributed by atoms with Crippen LogP contribution in [0, 0.1) is 0 Å². The third-order valence-electron chi connectivity index (χ3n) is 11.1. The average Bonchev–Trinajstić information content (AvgIpc) is 3.74. The molecule has 4 aromatic carbocycles. The summed E-state index contributed by atoms with van der Waals surface area (Å²) in [6, 6.07) is 45.4. The summed E-state index contributed by atoms with van der Waals surface area (Å²) in [5, 5.41) is 0. The number of H-pyrrole nitrogens is 1. The highest BCUT2D eigenvalue weighted by Gasteiger charge is 2.25. The molecule has 0 unspecified atom stereocenters. The number of hydrogen-bond donors (Lipinski definition) is 2. The van der Waals surface area contributed by atoms with E-state index in [0.717, 1.165) is 82.6 Å². The van der Waals surface area contributed by atoms with Gasteiger partial charge in [0.1, 0.15) is 22.0 Å². The van der Waals surface area contributed by atoms with E-state index in [1.807, 2.05) is 36.4 Å². The number of rotatable bonds is 11. The number of nitrogen functional groups attached to an aromatic ring is 1. The minimum atomic E-state index is -3.63. The van der Waals surface area contributed by atoms with Crippen LogP contribution in [0.4, 0.5) is 17.3 Å². The molecule has 0 atom stereocenters. The molecule has 3 aromatic heterocycles. The number of fused-ring (bicyclic) bond motifs is 1. The molecule has 7 aromatic rings. The quantitative estimate of drug-likeness (QED) is 0.130. The number of pyridine rings is 2. The largest absolute Gasteiger partial charge is 0.397 e. The van der Waals surface area contributed by atoms with Gasteiger partial charge < -0.3 is 20.5 Å². The number of piperazine rings is 2. The molecule has 330 valence electrons. The summed E-state index contributed by atoms with van der Waals surface area (Å²) < 4.78 is 51.7. The van der Waals surface area contributed by atoms with E-state index in [1.54, 1.807) is 66.9 Å². The molecule has 0 radical (unpaired) electrons. The topological polar surface area (TPSA) is 149 Å². The molecule has 3 N–H and O–H groups in total. The van der Waals surface area contributed by atoms with Gasteiger partial charge in [-0.3, -0.25) is 9.80 Å². The standard InChI is InChI=1S/C24H24N4O2S.C23H26N4O2S.2CH4/c29-31(30,20-9-5-2-6-10-20)22-17-25-21-11-12-23(26-24(21)22)28-15-13-27(14-16-28)18-19-7-3-1-4-8-19;24-21-11-12-23(25-22(21)18-30(28,29)20-9-5-2-6-10-20)27-15-13-26(14-16-27)17-19-7-3-1-4-8-19;;/h1-12,17,25H,13-16,18H2;1-12H,13-18,24H2;2*1H4. The Balaban J connectivity index is 0.000000203. The lowest BCUT2D eigenvalue weighted by molar-refractivity contribution is 0.249. The summed E-state index contributed by atoms with van der Waals surface area (Å²) in [5.74, 6) is 1.39. The Labute approximate surface area is 372 Å². The first-order valence-corrected chi connectivity index (χ1v) is 23.6. The molecule has 0 spiro atoms. The summed E-state index contributed by atoms with van der Waals surface area (Å²) >= 11 is 0. The monoisotopic (exact) mass is 886 g/mol. The molecule has 2 aliphatic heterocycles. The van der Waals surface area contributed by atoms with Gasteiger partial charge in [0.2, 0.25) is 9.84 Å². The van der Waals surface area contributed by atoms with Gasteiger partial charge in [-0.1, -0.05) is 112 Å². The number of nitrogens with zero attached hydrogens (tertiary/aromatic N) is 6. The number of hydrogen-bond acceptors (Lipinski definition) is 11. The molecular weight excluding hydrogens is 829 g/mol. The van der Waals surface area contributed by atoms with Crippen LogP contribution in [0.25, 0.3) is 11.0 Å². The fourth-order valence-corrected chi connectivity index (χ4v) is 10.4. The molecule has 0 bridgehead atoms. The van der Waals surface area contributed by atoms with Crippen LogP contribution in [-0.2, 0) is 38.5 Å². The highest BCUT2D eigenvalue weighted by atomic mass is 32.2. The molecule has 14 heteroatoms. The SMILES string of the molecule is C.C.Nc1ccc(N2CCN(Cc3ccccc3)CC2)nc1CS(=O)(=O)c1ccccc1.O=S(=O)(c1ccccc1)c1c[nH]c2ccc(N3CCN(Cc4ccccc4)CC3)nc12. The molecule has 0 aliphatic carbocycles. The van der Waals surface area contributed by atoms with E-state index in [9.17, 15) is 16.8 Å². The van der Waals surface area contributed by atoms with E-state index in [2.05, 4.69) is 78.1 Å². The minimum Gasteiger partial charge on any atom is -0.397 e. The Morgan fingerprint density at radius 3 is 1.48 bits per heavy atom.